The monoisotopic (exact) mass is 261 g/mol. The van der Waals surface area contributed by atoms with Gasteiger partial charge in [0, 0.05) is 11.6 Å². The average Bonchev–Trinajstić information content (AvgIpc) is 2.38. The van der Waals surface area contributed by atoms with Crippen molar-refractivity contribution >= 4 is 11.6 Å². The molecule has 2 rings (SSSR count). The Labute approximate surface area is 113 Å². The first-order chi connectivity index (χ1) is 8.78. The largest absolute Gasteiger partial charge is 0.489 e. The predicted octanol–water partition coefficient (Wildman–Crippen LogP) is 3.64. The van der Waals surface area contributed by atoms with E-state index in [1.54, 1.807) is 0 Å². The van der Waals surface area contributed by atoms with E-state index in [0.29, 0.717) is 6.61 Å². The summed E-state index contributed by atoms with van der Waals surface area (Å²) in [6.07, 6.45) is 0. The van der Waals surface area contributed by atoms with Crippen LogP contribution in [0, 0.1) is 0 Å². The van der Waals surface area contributed by atoms with Crippen LogP contribution in [0.2, 0.25) is 5.02 Å². The highest BCUT2D eigenvalue weighted by Gasteiger charge is 1.97. The predicted molar refractivity (Wildman–Crippen MR) is 75.0 cm³/mol. The van der Waals surface area contributed by atoms with E-state index in [4.69, 9.17) is 16.3 Å². The van der Waals surface area contributed by atoms with Crippen molar-refractivity contribution in [2.45, 2.75) is 13.2 Å². The fourth-order valence-electron chi connectivity index (χ4n) is 1.70. The van der Waals surface area contributed by atoms with Crippen molar-refractivity contribution in [3.63, 3.8) is 0 Å². The Kier molecular flexibility index (Phi) is 4.62. The smallest absolute Gasteiger partial charge is 0.119 e. The molecule has 0 bridgehead atoms. The standard InChI is InChI=1S/C15H16ClNO/c1-17-10-12-5-7-15(8-6-12)18-11-13-3-2-4-14(16)9-13/h2-9,17H,10-11H2,1H3. The van der Waals surface area contributed by atoms with Crippen LogP contribution in [0.1, 0.15) is 11.1 Å². The lowest BCUT2D eigenvalue weighted by Crippen LogP contribution is -2.04. The SMILES string of the molecule is CNCc1ccc(OCc2cccc(Cl)c2)cc1. The molecular weight excluding hydrogens is 246 g/mol. The van der Waals surface area contributed by atoms with E-state index in [-0.39, 0.29) is 0 Å². The highest BCUT2D eigenvalue weighted by Crippen LogP contribution is 2.16. The number of hydrogen-bond donors (Lipinski definition) is 1. The summed E-state index contributed by atoms with van der Waals surface area (Å²) in [4.78, 5) is 0. The Hall–Kier alpha value is -1.51. The van der Waals surface area contributed by atoms with Gasteiger partial charge in [-0.25, -0.2) is 0 Å². The zero-order valence-corrected chi connectivity index (χ0v) is 11.1. The Morgan fingerprint density at radius 2 is 1.83 bits per heavy atom. The average molecular weight is 262 g/mol. The number of benzene rings is 2. The summed E-state index contributed by atoms with van der Waals surface area (Å²) in [7, 11) is 1.93. The molecule has 0 radical (unpaired) electrons. The molecule has 1 N–H and O–H groups in total. The molecule has 0 spiro atoms. The van der Waals surface area contributed by atoms with Crippen LogP contribution in [-0.4, -0.2) is 7.05 Å². The molecule has 0 aliphatic carbocycles. The number of ether oxygens (including phenoxy) is 1. The van der Waals surface area contributed by atoms with Gasteiger partial charge in [0.05, 0.1) is 0 Å². The van der Waals surface area contributed by atoms with E-state index in [1.807, 2.05) is 43.4 Å². The van der Waals surface area contributed by atoms with Gasteiger partial charge in [-0.15, -0.1) is 0 Å². The molecule has 0 atom stereocenters. The van der Waals surface area contributed by atoms with Gasteiger partial charge >= 0.3 is 0 Å². The topological polar surface area (TPSA) is 21.3 Å². The lowest BCUT2D eigenvalue weighted by Gasteiger charge is -2.07. The molecule has 18 heavy (non-hydrogen) atoms. The lowest BCUT2D eigenvalue weighted by atomic mass is 10.2. The van der Waals surface area contributed by atoms with Gasteiger partial charge in [0.25, 0.3) is 0 Å². The second kappa shape index (κ2) is 6.43. The molecule has 94 valence electrons. The maximum absolute atomic E-state index is 5.92. The van der Waals surface area contributed by atoms with E-state index >= 15 is 0 Å². The van der Waals surface area contributed by atoms with Gasteiger partial charge in [-0.2, -0.15) is 0 Å². The molecule has 0 aromatic heterocycles. The van der Waals surface area contributed by atoms with E-state index in [2.05, 4.69) is 17.4 Å². The fourth-order valence-corrected chi connectivity index (χ4v) is 1.91. The molecule has 0 saturated carbocycles. The molecule has 0 heterocycles. The van der Waals surface area contributed by atoms with Crippen LogP contribution in [0.4, 0.5) is 0 Å². The van der Waals surface area contributed by atoms with E-state index in [9.17, 15) is 0 Å². The van der Waals surface area contributed by atoms with Crippen molar-refractivity contribution < 1.29 is 4.74 Å². The van der Waals surface area contributed by atoms with E-state index in [1.165, 1.54) is 5.56 Å². The number of halogens is 1. The van der Waals surface area contributed by atoms with Crippen LogP contribution in [-0.2, 0) is 13.2 Å². The molecule has 2 nitrogen and oxygen atoms in total. The van der Waals surface area contributed by atoms with Crippen molar-refractivity contribution in [3.8, 4) is 5.75 Å². The molecule has 2 aromatic carbocycles. The fraction of sp³-hybridized carbons (Fsp3) is 0.200. The molecule has 0 aliphatic rings. The molecule has 2 aromatic rings. The molecule has 0 fully saturated rings. The van der Waals surface area contributed by atoms with Crippen LogP contribution >= 0.6 is 11.6 Å². The number of hydrogen-bond acceptors (Lipinski definition) is 2. The van der Waals surface area contributed by atoms with Gasteiger partial charge in [-0.05, 0) is 42.4 Å². The third kappa shape index (κ3) is 3.76. The highest BCUT2D eigenvalue weighted by molar-refractivity contribution is 6.30. The summed E-state index contributed by atoms with van der Waals surface area (Å²) in [5, 5.41) is 3.85. The Morgan fingerprint density at radius 3 is 2.50 bits per heavy atom. The lowest BCUT2D eigenvalue weighted by molar-refractivity contribution is 0.306. The summed E-state index contributed by atoms with van der Waals surface area (Å²) in [6.45, 7) is 1.40. The third-order valence-electron chi connectivity index (χ3n) is 2.60. The van der Waals surface area contributed by atoms with Crippen molar-refractivity contribution in [3.05, 3.63) is 64.7 Å². The Morgan fingerprint density at radius 1 is 1.06 bits per heavy atom. The van der Waals surface area contributed by atoms with Crippen molar-refractivity contribution in [1.82, 2.24) is 5.32 Å². The molecule has 0 unspecified atom stereocenters. The first-order valence-corrected chi connectivity index (χ1v) is 6.26. The van der Waals surface area contributed by atoms with Gasteiger partial charge in [0.2, 0.25) is 0 Å². The Bertz CT molecular complexity index is 496. The number of rotatable bonds is 5. The van der Waals surface area contributed by atoms with Gasteiger partial charge in [0.15, 0.2) is 0 Å². The second-order valence-electron chi connectivity index (χ2n) is 4.09. The van der Waals surface area contributed by atoms with Crippen molar-refractivity contribution in [1.29, 1.82) is 0 Å². The zero-order chi connectivity index (χ0) is 12.8. The van der Waals surface area contributed by atoms with Crippen LogP contribution < -0.4 is 10.1 Å². The molecule has 0 amide bonds. The third-order valence-corrected chi connectivity index (χ3v) is 2.83. The van der Waals surface area contributed by atoms with E-state index in [0.717, 1.165) is 22.9 Å². The first-order valence-electron chi connectivity index (χ1n) is 5.89. The van der Waals surface area contributed by atoms with Gasteiger partial charge in [-0.3, -0.25) is 0 Å². The number of nitrogens with one attached hydrogen (secondary N) is 1. The van der Waals surface area contributed by atoms with E-state index < -0.39 is 0 Å². The van der Waals surface area contributed by atoms with Crippen LogP contribution in [0.15, 0.2) is 48.5 Å². The first kappa shape index (κ1) is 12.9. The van der Waals surface area contributed by atoms with Crippen molar-refractivity contribution in [2.75, 3.05) is 7.05 Å². The normalized spacial score (nSPS) is 10.3. The minimum absolute atomic E-state index is 0.534. The zero-order valence-electron chi connectivity index (χ0n) is 10.3. The van der Waals surface area contributed by atoms with Gasteiger partial charge in [0.1, 0.15) is 12.4 Å². The van der Waals surface area contributed by atoms with Crippen LogP contribution in [0.25, 0.3) is 0 Å². The molecular formula is C15H16ClNO. The summed E-state index contributed by atoms with van der Waals surface area (Å²) >= 11 is 5.92. The maximum atomic E-state index is 5.92. The van der Waals surface area contributed by atoms with Gasteiger partial charge < -0.3 is 10.1 Å². The molecule has 0 saturated heterocycles. The van der Waals surface area contributed by atoms with Crippen LogP contribution in [0.3, 0.4) is 0 Å². The second-order valence-corrected chi connectivity index (χ2v) is 4.53. The Balaban J connectivity index is 1.93. The summed E-state index contributed by atoms with van der Waals surface area (Å²) in [6, 6.07) is 15.8. The minimum Gasteiger partial charge on any atom is -0.489 e. The summed E-state index contributed by atoms with van der Waals surface area (Å²) in [5.41, 5.74) is 2.31. The maximum Gasteiger partial charge on any atom is 0.119 e. The molecule has 0 aliphatic heterocycles. The summed E-state index contributed by atoms with van der Waals surface area (Å²) < 4.78 is 5.70. The highest BCUT2D eigenvalue weighted by atomic mass is 35.5. The van der Waals surface area contributed by atoms with Crippen LogP contribution in [0.5, 0.6) is 5.75 Å². The minimum atomic E-state index is 0.534. The quantitative estimate of drug-likeness (QED) is 0.887. The van der Waals surface area contributed by atoms with Gasteiger partial charge in [-0.1, -0.05) is 35.9 Å². The molecule has 3 heteroatoms. The van der Waals surface area contributed by atoms with Crippen molar-refractivity contribution in [2.24, 2.45) is 0 Å². The summed E-state index contributed by atoms with van der Waals surface area (Å²) in [5.74, 6) is 0.870.